The van der Waals surface area contributed by atoms with Crippen molar-refractivity contribution >= 4 is 17.0 Å². The van der Waals surface area contributed by atoms with Gasteiger partial charge in [0.1, 0.15) is 5.60 Å². The molecular weight excluding hydrogens is 410 g/mol. The number of aromatic nitrogens is 4. The van der Waals surface area contributed by atoms with Crippen LogP contribution in [0.2, 0.25) is 0 Å². The normalized spacial score (nSPS) is 20.2. The highest BCUT2D eigenvalue weighted by Gasteiger charge is 2.30. The Kier molecular flexibility index (Phi) is 5.36. The molecular formula is C23H29N5O4. The number of piperidine rings is 1. The van der Waals surface area contributed by atoms with E-state index in [0.29, 0.717) is 31.4 Å². The van der Waals surface area contributed by atoms with Gasteiger partial charge in [0.05, 0.1) is 24.4 Å². The molecule has 0 N–H and O–H groups in total. The van der Waals surface area contributed by atoms with Gasteiger partial charge in [-0.05, 0) is 46.1 Å². The zero-order valence-electron chi connectivity index (χ0n) is 18.8. The van der Waals surface area contributed by atoms with Gasteiger partial charge in [0.25, 0.3) is 0 Å². The molecule has 3 aromatic rings. The molecule has 0 radical (unpaired) electrons. The fraction of sp³-hybridized carbons (Fsp3) is 0.565. The maximum atomic E-state index is 12.3. The number of hydrogen-bond donors (Lipinski definition) is 0. The van der Waals surface area contributed by atoms with E-state index in [0.717, 1.165) is 42.3 Å². The fourth-order valence-electron chi connectivity index (χ4n) is 4.34. The minimum Gasteiger partial charge on any atom is -0.444 e. The van der Waals surface area contributed by atoms with Crippen molar-refractivity contribution in [3.63, 3.8) is 0 Å². The van der Waals surface area contributed by atoms with E-state index < -0.39 is 5.60 Å². The Morgan fingerprint density at radius 1 is 1.19 bits per heavy atom. The number of hydrogen-bond acceptors (Lipinski definition) is 7. The van der Waals surface area contributed by atoms with Crippen LogP contribution >= 0.6 is 0 Å². The number of carbonyl (C=O) groups is 1. The maximum absolute atomic E-state index is 12.3. The van der Waals surface area contributed by atoms with E-state index >= 15 is 0 Å². The molecule has 2 saturated heterocycles. The second-order valence-electron chi connectivity index (χ2n) is 9.58. The lowest BCUT2D eigenvalue weighted by atomic mass is 9.97. The van der Waals surface area contributed by atoms with Crippen LogP contribution in [0.25, 0.3) is 22.3 Å². The number of benzene rings is 1. The highest BCUT2D eigenvalue weighted by molar-refractivity contribution is 5.83. The summed E-state index contributed by atoms with van der Waals surface area (Å²) in [7, 11) is 0. The number of carbonyl (C=O) groups excluding carboxylic acids is 1. The summed E-state index contributed by atoms with van der Waals surface area (Å²) in [5.74, 6) is 1.34. The molecule has 170 valence electrons. The summed E-state index contributed by atoms with van der Waals surface area (Å²) in [6.07, 6.45) is 4.13. The topological polar surface area (TPSA) is 95.5 Å². The van der Waals surface area contributed by atoms with Crippen molar-refractivity contribution in [1.29, 1.82) is 0 Å². The predicted octanol–water partition coefficient (Wildman–Crippen LogP) is 4.16. The molecule has 1 atom stereocenters. The lowest BCUT2D eigenvalue weighted by Crippen LogP contribution is -2.41. The third kappa shape index (κ3) is 4.21. The van der Waals surface area contributed by atoms with Crippen LogP contribution in [-0.2, 0) is 9.47 Å². The number of rotatable bonds is 3. The van der Waals surface area contributed by atoms with Crippen LogP contribution in [-0.4, -0.2) is 62.8 Å². The van der Waals surface area contributed by atoms with Crippen molar-refractivity contribution < 1.29 is 18.8 Å². The Hall–Kier alpha value is -2.94. The van der Waals surface area contributed by atoms with E-state index in [2.05, 4.69) is 21.3 Å². The van der Waals surface area contributed by atoms with Gasteiger partial charge in [-0.25, -0.2) is 4.79 Å². The first-order valence-corrected chi connectivity index (χ1v) is 11.2. The zero-order valence-corrected chi connectivity index (χ0v) is 18.8. The van der Waals surface area contributed by atoms with Crippen molar-refractivity contribution in [1.82, 2.24) is 24.8 Å². The van der Waals surface area contributed by atoms with Crippen LogP contribution in [0.1, 0.15) is 57.9 Å². The Labute approximate surface area is 186 Å². The number of fused-ring (bicyclic) bond motifs is 1. The minimum atomic E-state index is -0.489. The van der Waals surface area contributed by atoms with Gasteiger partial charge in [-0.2, -0.15) is 10.1 Å². The van der Waals surface area contributed by atoms with E-state index in [1.54, 1.807) is 4.90 Å². The molecule has 2 aliphatic heterocycles. The molecule has 1 aromatic carbocycles. The van der Waals surface area contributed by atoms with Crippen molar-refractivity contribution in [3.8, 4) is 11.4 Å². The third-order valence-electron chi connectivity index (χ3n) is 6.05. The minimum absolute atomic E-state index is 0.139. The van der Waals surface area contributed by atoms with Crippen molar-refractivity contribution in [2.75, 3.05) is 26.3 Å². The van der Waals surface area contributed by atoms with E-state index in [1.165, 1.54) is 0 Å². The van der Waals surface area contributed by atoms with Gasteiger partial charge in [0.15, 0.2) is 0 Å². The van der Waals surface area contributed by atoms with Crippen LogP contribution in [0.4, 0.5) is 4.79 Å². The Morgan fingerprint density at radius 3 is 2.72 bits per heavy atom. The van der Waals surface area contributed by atoms with Gasteiger partial charge in [-0.3, -0.25) is 4.68 Å². The van der Waals surface area contributed by atoms with Gasteiger partial charge in [0, 0.05) is 36.6 Å². The number of amides is 1. The molecule has 9 nitrogen and oxygen atoms in total. The highest BCUT2D eigenvalue weighted by Crippen LogP contribution is 2.31. The highest BCUT2D eigenvalue weighted by atomic mass is 16.6. The molecule has 32 heavy (non-hydrogen) atoms. The molecule has 0 aliphatic carbocycles. The van der Waals surface area contributed by atoms with E-state index in [-0.39, 0.29) is 18.1 Å². The summed E-state index contributed by atoms with van der Waals surface area (Å²) < 4.78 is 18.7. The molecule has 0 bridgehead atoms. The van der Waals surface area contributed by atoms with Crippen LogP contribution < -0.4 is 0 Å². The number of likely N-dealkylation sites (tertiary alicyclic amines) is 1. The summed E-state index contributed by atoms with van der Waals surface area (Å²) in [4.78, 5) is 18.7. The maximum Gasteiger partial charge on any atom is 0.410 e. The fourth-order valence-corrected chi connectivity index (χ4v) is 4.34. The molecule has 4 heterocycles. The van der Waals surface area contributed by atoms with Crippen molar-refractivity contribution in [2.24, 2.45) is 0 Å². The second-order valence-corrected chi connectivity index (χ2v) is 9.58. The molecule has 2 aliphatic rings. The number of nitrogens with zero attached hydrogens (tertiary/aromatic N) is 5. The van der Waals surface area contributed by atoms with Gasteiger partial charge >= 0.3 is 6.09 Å². The van der Waals surface area contributed by atoms with Gasteiger partial charge in [0.2, 0.25) is 11.7 Å². The summed E-state index contributed by atoms with van der Waals surface area (Å²) >= 11 is 0. The molecule has 2 fully saturated rings. The van der Waals surface area contributed by atoms with E-state index in [9.17, 15) is 4.79 Å². The van der Waals surface area contributed by atoms with Gasteiger partial charge in [-0.1, -0.05) is 17.3 Å². The smallest absolute Gasteiger partial charge is 0.410 e. The summed E-state index contributed by atoms with van der Waals surface area (Å²) in [5, 5.41) is 9.88. The van der Waals surface area contributed by atoms with Crippen LogP contribution in [0, 0.1) is 0 Å². The Bertz CT molecular complexity index is 1100. The summed E-state index contributed by atoms with van der Waals surface area (Å²) in [5.41, 5.74) is 1.46. The summed E-state index contributed by atoms with van der Waals surface area (Å²) in [6.45, 7) is 8.33. The largest absolute Gasteiger partial charge is 0.444 e. The van der Waals surface area contributed by atoms with Gasteiger partial charge < -0.3 is 18.9 Å². The average Bonchev–Trinajstić information content (AvgIpc) is 3.52. The SMILES string of the molecule is CC(C)(C)OC(=O)N1CCC(c2nc(-c3ccc4cnn(C5CCOC5)c4c3)no2)CC1. The van der Waals surface area contributed by atoms with E-state index in [1.807, 2.05) is 43.8 Å². The van der Waals surface area contributed by atoms with Gasteiger partial charge in [-0.15, -0.1) is 0 Å². The Morgan fingerprint density at radius 2 is 2.00 bits per heavy atom. The molecule has 0 spiro atoms. The standard InChI is InChI=1S/C23H29N5O4/c1-23(2,3)31-22(29)27-9-6-15(7-10-27)21-25-20(26-32-21)16-4-5-17-13-24-28(19(17)12-16)18-8-11-30-14-18/h4-5,12-13,15,18H,6-11,14H2,1-3H3. The Balaban J connectivity index is 1.29. The van der Waals surface area contributed by atoms with Crippen LogP contribution in [0.5, 0.6) is 0 Å². The lowest BCUT2D eigenvalue weighted by molar-refractivity contribution is 0.0198. The van der Waals surface area contributed by atoms with Crippen LogP contribution in [0.3, 0.4) is 0 Å². The molecule has 0 saturated carbocycles. The van der Waals surface area contributed by atoms with E-state index in [4.69, 9.17) is 14.0 Å². The monoisotopic (exact) mass is 439 g/mol. The first-order chi connectivity index (χ1) is 15.4. The first kappa shape index (κ1) is 20.9. The quantitative estimate of drug-likeness (QED) is 0.604. The molecule has 1 unspecified atom stereocenters. The second kappa shape index (κ2) is 8.20. The first-order valence-electron chi connectivity index (χ1n) is 11.2. The molecule has 5 rings (SSSR count). The lowest BCUT2D eigenvalue weighted by Gasteiger charge is -2.32. The molecule has 2 aromatic heterocycles. The van der Waals surface area contributed by atoms with Crippen LogP contribution in [0.15, 0.2) is 28.9 Å². The number of ether oxygens (including phenoxy) is 2. The predicted molar refractivity (Wildman–Crippen MR) is 117 cm³/mol. The zero-order chi connectivity index (χ0) is 22.3. The third-order valence-corrected chi connectivity index (χ3v) is 6.05. The molecule has 9 heteroatoms. The average molecular weight is 440 g/mol. The van der Waals surface area contributed by atoms with Crippen molar-refractivity contribution in [3.05, 3.63) is 30.3 Å². The molecule has 1 amide bonds. The summed E-state index contributed by atoms with van der Waals surface area (Å²) in [6, 6.07) is 6.37. The van der Waals surface area contributed by atoms with Crippen molar-refractivity contribution in [2.45, 2.75) is 57.6 Å².